The van der Waals surface area contributed by atoms with Crippen LogP contribution in [0.3, 0.4) is 0 Å². The first-order chi connectivity index (χ1) is 8.03. The normalized spacial score (nSPS) is 41.1. The quantitative estimate of drug-likeness (QED) is 0.769. The van der Waals surface area contributed by atoms with E-state index in [1.165, 1.54) is 38.2 Å². The smallest absolute Gasteiger partial charge is 0.0624 e. The molecule has 0 unspecified atom stereocenters. The number of rotatable bonds is 3. The highest BCUT2D eigenvalue weighted by atomic mass is 32.2. The lowest BCUT2D eigenvalue weighted by Crippen LogP contribution is -2.28. The highest BCUT2D eigenvalue weighted by molar-refractivity contribution is 8.00. The van der Waals surface area contributed by atoms with Gasteiger partial charge in [0.25, 0.3) is 0 Å². The summed E-state index contributed by atoms with van der Waals surface area (Å²) in [5.74, 6) is 3.01. The largest absolute Gasteiger partial charge is 0.374 e. The number of nitrogens with zero attached hydrogens (tertiary/aromatic N) is 1. The fourth-order valence-corrected chi connectivity index (χ4v) is 4.67. The topological polar surface area (TPSA) is 12.5 Å². The van der Waals surface area contributed by atoms with Gasteiger partial charge in [0.1, 0.15) is 0 Å². The molecule has 3 heterocycles. The van der Waals surface area contributed by atoms with Crippen LogP contribution in [0.5, 0.6) is 0 Å². The van der Waals surface area contributed by atoms with Crippen molar-refractivity contribution in [1.29, 1.82) is 0 Å². The van der Waals surface area contributed by atoms with Crippen molar-refractivity contribution in [1.82, 2.24) is 4.90 Å². The Morgan fingerprint density at radius 3 is 2.24 bits per heavy atom. The van der Waals surface area contributed by atoms with Crippen LogP contribution < -0.4 is 0 Å². The van der Waals surface area contributed by atoms with Crippen molar-refractivity contribution in [3.05, 3.63) is 0 Å². The first-order valence-corrected chi connectivity index (χ1v) is 8.03. The molecular formula is C14H25NOS. The molecular weight excluding hydrogens is 230 g/mol. The first-order valence-electron chi connectivity index (χ1n) is 7.05. The van der Waals surface area contributed by atoms with Crippen LogP contribution in [0.15, 0.2) is 0 Å². The molecule has 0 aromatic heterocycles. The van der Waals surface area contributed by atoms with Crippen LogP contribution >= 0.6 is 11.8 Å². The molecule has 3 aliphatic rings. The van der Waals surface area contributed by atoms with E-state index >= 15 is 0 Å². The summed E-state index contributed by atoms with van der Waals surface area (Å²) < 4.78 is 6.43. The van der Waals surface area contributed by atoms with Crippen molar-refractivity contribution in [3.8, 4) is 0 Å². The molecule has 0 aliphatic carbocycles. The van der Waals surface area contributed by atoms with Crippen molar-refractivity contribution >= 4 is 11.8 Å². The number of thioether (sulfide) groups is 1. The van der Waals surface area contributed by atoms with Gasteiger partial charge in [-0.1, -0.05) is 20.8 Å². The molecule has 0 aromatic rings. The fourth-order valence-electron chi connectivity index (χ4n) is 3.71. The molecule has 0 saturated carbocycles. The lowest BCUT2D eigenvalue weighted by Gasteiger charge is -2.22. The Kier molecular flexibility index (Phi) is 3.21. The highest BCUT2D eigenvalue weighted by Gasteiger charge is 2.52. The van der Waals surface area contributed by atoms with Gasteiger partial charge in [0.2, 0.25) is 0 Å². The van der Waals surface area contributed by atoms with E-state index < -0.39 is 0 Å². The first kappa shape index (κ1) is 12.3. The van der Waals surface area contributed by atoms with Crippen LogP contribution in [0, 0.1) is 11.8 Å². The number of hydrogen-bond donors (Lipinski definition) is 0. The van der Waals surface area contributed by atoms with Crippen LogP contribution in [0.4, 0.5) is 0 Å². The number of hydrogen-bond acceptors (Lipinski definition) is 3. The lowest BCUT2D eigenvalue weighted by atomic mass is 9.82. The third-order valence-electron chi connectivity index (χ3n) is 4.47. The second-order valence-corrected chi connectivity index (χ2v) is 8.76. The Balaban J connectivity index is 1.46. The third kappa shape index (κ3) is 2.52. The molecule has 98 valence electrons. The molecule has 17 heavy (non-hydrogen) atoms. The number of fused-ring (bicyclic) bond motifs is 5. The Morgan fingerprint density at radius 1 is 1.12 bits per heavy atom. The molecule has 0 aromatic carbocycles. The monoisotopic (exact) mass is 255 g/mol. The van der Waals surface area contributed by atoms with Gasteiger partial charge in [-0.2, -0.15) is 11.8 Å². The highest BCUT2D eigenvalue weighted by Crippen LogP contribution is 2.47. The number of likely N-dealkylation sites (tertiary alicyclic amines) is 1. The lowest BCUT2D eigenvalue weighted by molar-refractivity contribution is 0.0714. The summed E-state index contributed by atoms with van der Waals surface area (Å²) in [7, 11) is 0. The summed E-state index contributed by atoms with van der Waals surface area (Å²) >= 11 is 2.09. The predicted molar refractivity (Wildman–Crippen MR) is 73.5 cm³/mol. The van der Waals surface area contributed by atoms with Gasteiger partial charge in [-0.3, -0.25) is 0 Å². The van der Waals surface area contributed by atoms with E-state index in [2.05, 4.69) is 37.4 Å². The summed E-state index contributed by atoms with van der Waals surface area (Å²) in [5.41, 5.74) is 0. The molecule has 0 radical (unpaired) electrons. The maximum Gasteiger partial charge on any atom is 0.0624 e. The van der Waals surface area contributed by atoms with Crippen molar-refractivity contribution in [2.24, 2.45) is 11.8 Å². The minimum Gasteiger partial charge on any atom is -0.374 e. The Hall–Kier alpha value is 0.270. The summed E-state index contributed by atoms with van der Waals surface area (Å²) in [5, 5.41) is 0. The SMILES string of the molecule is CC(C)(C)SCCN1C[C@H]2[C@H](C1)[C@H]1CC[C@H]2O1. The summed E-state index contributed by atoms with van der Waals surface area (Å²) in [6, 6.07) is 0. The minimum absolute atomic E-state index is 0.414. The van der Waals surface area contributed by atoms with Gasteiger partial charge >= 0.3 is 0 Å². The van der Waals surface area contributed by atoms with Gasteiger partial charge < -0.3 is 9.64 Å². The summed E-state index contributed by atoms with van der Waals surface area (Å²) in [4.78, 5) is 2.68. The zero-order valence-corrected chi connectivity index (χ0v) is 12.1. The zero-order valence-electron chi connectivity index (χ0n) is 11.3. The van der Waals surface area contributed by atoms with E-state index in [0.717, 1.165) is 11.8 Å². The maximum absolute atomic E-state index is 6.01. The Bertz CT molecular complexity index is 270. The molecule has 4 atom stereocenters. The van der Waals surface area contributed by atoms with Gasteiger partial charge in [0.05, 0.1) is 12.2 Å². The second-order valence-electron chi connectivity index (χ2n) is 6.84. The predicted octanol–water partition coefficient (Wildman–Crippen LogP) is 2.63. The molecule has 0 spiro atoms. The summed E-state index contributed by atoms with van der Waals surface area (Å²) in [6.07, 6.45) is 3.89. The molecule has 2 nitrogen and oxygen atoms in total. The fraction of sp³-hybridized carbons (Fsp3) is 1.00. The Morgan fingerprint density at radius 2 is 1.71 bits per heavy atom. The van der Waals surface area contributed by atoms with E-state index in [9.17, 15) is 0 Å². The molecule has 3 fully saturated rings. The van der Waals surface area contributed by atoms with Crippen LogP contribution in [0.25, 0.3) is 0 Å². The molecule has 2 bridgehead atoms. The molecule has 3 heteroatoms. The summed E-state index contributed by atoms with van der Waals surface area (Å²) in [6.45, 7) is 10.8. The standard InChI is InChI=1S/C14H25NOS/c1-14(2,3)17-7-6-15-8-10-11(9-15)13-5-4-12(10)16-13/h10-13H,4-9H2,1-3H3/t10-,11-,12+,13+/m0/s1. The number of ether oxygens (including phenoxy) is 1. The van der Waals surface area contributed by atoms with Crippen LogP contribution in [-0.2, 0) is 4.74 Å². The van der Waals surface area contributed by atoms with Crippen LogP contribution in [-0.4, -0.2) is 47.2 Å². The Labute approximate surface area is 109 Å². The van der Waals surface area contributed by atoms with Gasteiger partial charge in [-0.05, 0) is 12.8 Å². The van der Waals surface area contributed by atoms with Crippen molar-refractivity contribution in [3.63, 3.8) is 0 Å². The van der Waals surface area contributed by atoms with E-state index in [-0.39, 0.29) is 0 Å². The van der Waals surface area contributed by atoms with Gasteiger partial charge in [-0.15, -0.1) is 0 Å². The second kappa shape index (κ2) is 4.43. The minimum atomic E-state index is 0.414. The van der Waals surface area contributed by atoms with Crippen molar-refractivity contribution in [2.75, 3.05) is 25.4 Å². The van der Waals surface area contributed by atoms with Crippen molar-refractivity contribution in [2.45, 2.75) is 50.6 Å². The average Bonchev–Trinajstić information content (AvgIpc) is 2.85. The van der Waals surface area contributed by atoms with Gasteiger partial charge in [0, 0.05) is 42.0 Å². The van der Waals surface area contributed by atoms with Gasteiger partial charge in [0.15, 0.2) is 0 Å². The van der Waals surface area contributed by atoms with E-state index in [4.69, 9.17) is 4.74 Å². The third-order valence-corrected chi connectivity index (χ3v) is 5.72. The van der Waals surface area contributed by atoms with Crippen LogP contribution in [0.1, 0.15) is 33.6 Å². The average molecular weight is 255 g/mol. The molecule has 0 N–H and O–H groups in total. The zero-order chi connectivity index (χ0) is 12.0. The van der Waals surface area contributed by atoms with E-state index in [0.29, 0.717) is 17.0 Å². The van der Waals surface area contributed by atoms with Crippen molar-refractivity contribution < 1.29 is 4.74 Å². The van der Waals surface area contributed by atoms with Crippen LogP contribution in [0.2, 0.25) is 0 Å². The molecule has 3 aliphatic heterocycles. The van der Waals surface area contributed by atoms with E-state index in [1.54, 1.807) is 0 Å². The molecule has 0 amide bonds. The molecule has 3 saturated heterocycles. The van der Waals surface area contributed by atoms with E-state index in [1.807, 2.05) is 0 Å². The molecule has 3 rings (SSSR count). The van der Waals surface area contributed by atoms with Gasteiger partial charge in [-0.25, -0.2) is 0 Å². The maximum atomic E-state index is 6.01.